The topological polar surface area (TPSA) is 41.6 Å². The lowest BCUT2D eigenvalue weighted by Gasteiger charge is -2.25. The van der Waals surface area contributed by atoms with E-state index in [9.17, 15) is 0 Å². The average Bonchev–Trinajstić information content (AvgIpc) is 3.37. The van der Waals surface area contributed by atoms with Crippen molar-refractivity contribution in [2.75, 3.05) is 6.54 Å². The number of furan rings is 1. The Kier molecular flexibility index (Phi) is 4.32. The van der Waals surface area contributed by atoms with E-state index in [1.807, 2.05) is 42.2 Å². The number of pyridine rings is 1. The standard InChI is InChI=1S/C21H18BrN3OS/c1-13-12-25-20(19(24-21(25)27-13)16-4-2-3-11-23-16)18-10-9-17(26-18)14-5-7-15(22)8-6-14/h2-11,13,19-20H,12H2,1H3. The zero-order valence-electron chi connectivity index (χ0n) is 14.7. The van der Waals surface area contributed by atoms with Gasteiger partial charge in [0.05, 0.1) is 5.69 Å². The number of aliphatic imine (C=N–C) groups is 1. The van der Waals surface area contributed by atoms with Crippen LogP contribution in [-0.2, 0) is 0 Å². The average molecular weight is 440 g/mol. The van der Waals surface area contributed by atoms with Crippen LogP contribution in [0.4, 0.5) is 0 Å². The number of fused-ring (bicyclic) bond motifs is 1. The summed E-state index contributed by atoms with van der Waals surface area (Å²) in [7, 11) is 0. The maximum absolute atomic E-state index is 6.32. The van der Waals surface area contributed by atoms with Crippen molar-refractivity contribution < 1.29 is 4.42 Å². The second-order valence-electron chi connectivity index (χ2n) is 6.85. The van der Waals surface area contributed by atoms with Gasteiger partial charge in [-0.25, -0.2) is 4.99 Å². The van der Waals surface area contributed by atoms with Gasteiger partial charge in [0.25, 0.3) is 0 Å². The Balaban J connectivity index is 1.53. The van der Waals surface area contributed by atoms with E-state index in [2.05, 4.69) is 63.1 Å². The molecule has 0 bridgehead atoms. The van der Waals surface area contributed by atoms with Crippen molar-refractivity contribution in [1.82, 2.24) is 9.88 Å². The summed E-state index contributed by atoms with van der Waals surface area (Å²) in [5, 5.41) is 1.64. The van der Waals surface area contributed by atoms with E-state index >= 15 is 0 Å². The molecule has 3 aromatic rings. The normalized spacial score (nSPS) is 24.1. The first-order chi connectivity index (χ1) is 13.2. The third-order valence-corrected chi connectivity index (χ3v) is 6.56. The molecule has 1 fully saturated rings. The van der Waals surface area contributed by atoms with Crippen molar-refractivity contribution in [2.45, 2.75) is 24.3 Å². The maximum atomic E-state index is 6.32. The number of benzene rings is 1. The molecule has 136 valence electrons. The third-order valence-electron chi connectivity index (χ3n) is 4.93. The van der Waals surface area contributed by atoms with Gasteiger partial charge in [0.1, 0.15) is 23.6 Å². The van der Waals surface area contributed by atoms with Crippen molar-refractivity contribution in [3.63, 3.8) is 0 Å². The van der Waals surface area contributed by atoms with E-state index in [1.54, 1.807) is 0 Å². The van der Waals surface area contributed by atoms with E-state index in [-0.39, 0.29) is 12.1 Å². The lowest BCUT2D eigenvalue weighted by atomic mass is 10.0. The smallest absolute Gasteiger partial charge is 0.161 e. The first-order valence-corrected chi connectivity index (χ1v) is 10.6. The number of aromatic nitrogens is 1. The highest BCUT2D eigenvalue weighted by Gasteiger charge is 2.45. The second-order valence-corrected chi connectivity index (χ2v) is 9.17. The SMILES string of the molecule is CC1CN2C(=NC(c3ccccn3)C2c2ccc(-c3ccc(Br)cc3)o2)S1. The number of hydrogen-bond acceptors (Lipinski definition) is 5. The zero-order chi connectivity index (χ0) is 18.4. The number of hydrogen-bond donors (Lipinski definition) is 0. The number of rotatable bonds is 3. The van der Waals surface area contributed by atoms with Crippen LogP contribution in [0, 0.1) is 0 Å². The van der Waals surface area contributed by atoms with Gasteiger partial charge in [0.15, 0.2) is 5.17 Å². The monoisotopic (exact) mass is 439 g/mol. The molecular weight excluding hydrogens is 422 g/mol. The summed E-state index contributed by atoms with van der Waals surface area (Å²) >= 11 is 5.32. The summed E-state index contributed by atoms with van der Waals surface area (Å²) in [6, 6.07) is 18.4. The van der Waals surface area contributed by atoms with Crippen LogP contribution < -0.4 is 0 Å². The molecule has 4 nitrogen and oxygen atoms in total. The van der Waals surface area contributed by atoms with Crippen LogP contribution in [0.5, 0.6) is 0 Å². The molecule has 0 radical (unpaired) electrons. The Labute approximate surface area is 170 Å². The highest BCUT2D eigenvalue weighted by molar-refractivity contribution is 9.10. The van der Waals surface area contributed by atoms with Crippen LogP contribution in [0.15, 0.2) is 74.7 Å². The van der Waals surface area contributed by atoms with Gasteiger partial charge >= 0.3 is 0 Å². The Morgan fingerprint density at radius 1 is 1.11 bits per heavy atom. The minimum atomic E-state index is -0.0369. The summed E-state index contributed by atoms with van der Waals surface area (Å²) in [4.78, 5) is 11.9. The predicted octanol–water partition coefficient (Wildman–Crippen LogP) is 5.69. The van der Waals surface area contributed by atoms with E-state index in [1.165, 1.54) is 0 Å². The highest BCUT2D eigenvalue weighted by atomic mass is 79.9. The number of thioether (sulfide) groups is 1. The summed E-state index contributed by atoms with van der Waals surface area (Å²) in [6.45, 7) is 3.22. The molecule has 4 heterocycles. The molecule has 5 rings (SSSR count). The van der Waals surface area contributed by atoms with Gasteiger partial charge in [-0.1, -0.05) is 52.8 Å². The molecule has 0 spiro atoms. The maximum Gasteiger partial charge on any atom is 0.161 e. The molecular formula is C21H18BrN3OS. The van der Waals surface area contributed by atoms with Crippen LogP contribution in [0.25, 0.3) is 11.3 Å². The second kappa shape index (κ2) is 6.84. The van der Waals surface area contributed by atoms with E-state index in [4.69, 9.17) is 9.41 Å². The molecule has 3 unspecified atom stereocenters. The van der Waals surface area contributed by atoms with E-state index in [0.29, 0.717) is 5.25 Å². The van der Waals surface area contributed by atoms with Crippen molar-refractivity contribution in [3.05, 3.63) is 76.7 Å². The predicted molar refractivity (Wildman–Crippen MR) is 113 cm³/mol. The minimum Gasteiger partial charge on any atom is -0.459 e. The molecule has 6 heteroatoms. The van der Waals surface area contributed by atoms with Crippen LogP contribution in [0.3, 0.4) is 0 Å². The largest absolute Gasteiger partial charge is 0.459 e. The lowest BCUT2D eigenvalue weighted by Crippen LogP contribution is -2.28. The van der Waals surface area contributed by atoms with Gasteiger partial charge in [-0.2, -0.15) is 0 Å². The molecule has 1 aromatic carbocycles. The molecule has 1 saturated heterocycles. The Morgan fingerprint density at radius 3 is 2.74 bits per heavy atom. The van der Waals surface area contributed by atoms with Crippen LogP contribution in [0.2, 0.25) is 0 Å². The van der Waals surface area contributed by atoms with Crippen molar-refractivity contribution in [1.29, 1.82) is 0 Å². The minimum absolute atomic E-state index is 0.0369. The molecule has 0 N–H and O–H groups in total. The summed E-state index contributed by atoms with van der Waals surface area (Å²) in [5.74, 6) is 1.82. The molecule has 0 saturated carbocycles. The van der Waals surface area contributed by atoms with Crippen LogP contribution in [0.1, 0.15) is 30.5 Å². The Morgan fingerprint density at radius 2 is 1.96 bits per heavy atom. The van der Waals surface area contributed by atoms with Gasteiger partial charge in [-0.05, 0) is 36.4 Å². The van der Waals surface area contributed by atoms with E-state index < -0.39 is 0 Å². The van der Waals surface area contributed by atoms with Crippen LogP contribution >= 0.6 is 27.7 Å². The molecule has 2 aliphatic heterocycles. The molecule has 2 aliphatic rings. The van der Waals surface area contributed by atoms with Gasteiger partial charge in [-0.15, -0.1) is 0 Å². The quantitative estimate of drug-likeness (QED) is 0.525. The van der Waals surface area contributed by atoms with Crippen molar-refractivity contribution >= 4 is 32.9 Å². The zero-order valence-corrected chi connectivity index (χ0v) is 17.2. The summed E-state index contributed by atoms with van der Waals surface area (Å²) in [6.07, 6.45) is 1.83. The fraction of sp³-hybridized carbons (Fsp3) is 0.238. The van der Waals surface area contributed by atoms with Crippen LogP contribution in [-0.4, -0.2) is 26.8 Å². The number of nitrogens with zero attached hydrogens (tertiary/aromatic N) is 3. The lowest BCUT2D eigenvalue weighted by molar-refractivity contribution is 0.277. The highest BCUT2D eigenvalue weighted by Crippen LogP contribution is 2.48. The molecule has 3 atom stereocenters. The molecule has 0 aliphatic carbocycles. The first kappa shape index (κ1) is 17.1. The molecule has 2 aromatic heterocycles. The summed E-state index contributed by atoms with van der Waals surface area (Å²) < 4.78 is 7.38. The Bertz CT molecular complexity index is 986. The van der Waals surface area contributed by atoms with Gasteiger partial charge < -0.3 is 9.32 Å². The molecule has 0 amide bonds. The van der Waals surface area contributed by atoms with Gasteiger partial charge in [-0.3, -0.25) is 4.98 Å². The fourth-order valence-electron chi connectivity index (χ4n) is 3.71. The van der Waals surface area contributed by atoms with Crippen molar-refractivity contribution in [2.24, 2.45) is 4.99 Å². The fourth-order valence-corrected chi connectivity index (χ4v) is 5.06. The van der Waals surface area contributed by atoms with Crippen molar-refractivity contribution in [3.8, 4) is 11.3 Å². The third kappa shape index (κ3) is 3.11. The van der Waals surface area contributed by atoms with Gasteiger partial charge in [0.2, 0.25) is 0 Å². The number of amidine groups is 1. The summed E-state index contributed by atoms with van der Waals surface area (Å²) in [5.41, 5.74) is 2.06. The molecule has 27 heavy (non-hydrogen) atoms. The first-order valence-electron chi connectivity index (χ1n) is 8.97. The van der Waals surface area contributed by atoms with E-state index in [0.717, 1.165) is 39.0 Å². The Hall–Kier alpha value is -2.05. The van der Waals surface area contributed by atoms with Gasteiger partial charge in [0, 0.05) is 28.0 Å². The number of halogens is 1.